The lowest BCUT2D eigenvalue weighted by Crippen LogP contribution is -2.19. The van der Waals surface area contributed by atoms with Crippen LogP contribution in [0.4, 0.5) is 0 Å². The summed E-state index contributed by atoms with van der Waals surface area (Å²) >= 11 is 4.91. The number of ether oxygens (including phenoxy) is 1. The summed E-state index contributed by atoms with van der Waals surface area (Å²) in [5.74, 6) is -0.321. The molecule has 2 aromatic heterocycles. The number of nitrogens with zero attached hydrogens (tertiary/aromatic N) is 3. The largest absolute Gasteiger partial charge is 0.380 e. The van der Waals surface area contributed by atoms with E-state index in [2.05, 4.69) is 26.1 Å². The van der Waals surface area contributed by atoms with Gasteiger partial charge in [0.15, 0.2) is 4.80 Å². The molecule has 0 atom stereocenters. The van der Waals surface area contributed by atoms with E-state index in [1.54, 1.807) is 0 Å². The van der Waals surface area contributed by atoms with Crippen molar-refractivity contribution in [1.82, 2.24) is 9.72 Å². The number of hydrogen-bond acceptors (Lipinski definition) is 5. The summed E-state index contributed by atoms with van der Waals surface area (Å²) < 4.78 is 14.3. The lowest BCUT2D eigenvalue weighted by Gasteiger charge is -2.05. The van der Waals surface area contributed by atoms with Gasteiger partial charge in [-0.05, 0) is 25.1 Å². The van der Waals surface area contributed by atoms with E-state index in [1.165, 1.54) is 23.6 Å². The predicted octanol–water partition coefficient (Wildman–Crippen LogP) is 3.23. The number of carbonyl (C=O) groups is 1. The maximum absolute atomic E-state index is 12.2. The molecule has 6 nitrogen and oxygen atoms in total. The molecule has 3 rings (SSSR count). The molecule has 23 heavy (non-hydrogen) atoms. The van der Waals surface area contributed by atoms with Gasteiger partial charge in [-0.2, -0.15) is 4.99 Å². The number of amides is 1. The number of rotatable bonds is 5. The minimum atomic E-state index is -0.446. The van der Waals surface area contributed by atoms with E-state index in [1.807, 2.05) is 29.7 Å². The monoisotopic (exact) mass is 395 g/mol. The van der Waals surface area contributed by atoms with Crippen LogP contribution in [0.15, 0.2) is 44.5 Å². The molecule has 0 fully saturated rings. The summed E-state index contributed by atoms with van der Waals surface area (Å²) in [6, 6.07) is 7.48. The summed E-state index contributed by atoms with van der Waals surface area (Å²) in [7, 11) is 0. The van der Waals surface area contributed by atoms with Crippen LogP contribution in [-0.2, 0) is 11.3 Å². The highest BCUT2D eigenvalue weighted by molar-refractivity contribution is 9.10. The van der Waals surface area contributed by atoms with E-state index >= 15 is 0 Å². The van der Waals surface area contributed by atoms with E-state index in [9.17, 15) is 4.79 Å². The van der Waals surface area contributed by atoms with Crippen LogP contribution in [0.3, 0.4) is 0 Å². The smallest absolute Gasteiger partial charge is 0.318 e. The first-order chi connectivity index (χ1) is 11.2. The molecule has 0 saturated carbocycles. The zero-order valence-electron chi connectivity index (χ0n) is 12.4. The first kappa shape index (κ1) is 16.1. The van der Waals surface area contributed by atoms with Crippen LogP contribution in [0.1, 0.15) is 17.5 Å². The Hall–Kier alpha value is -1.77. The third kappa shape index (κ3) is 3.60. The molecule has 3 aromatic rings. The number of carbonyl (C=O) groups excluding carboxylic acids is 1. The van der Waals surface area contributed by atoms with Crippen LogP contribution in [0.2, 0.25) is 0 Å². The predicted molar refractivity (Wildman–Crippen MR) is 90.4 cm³/mol. The summed E-state index contributed by atoms with van der Waals surface area (Å²) in [5, 5.41) is 3.54. The summed E-state index contributed by atoms with van der Waals surface area (Å²) in [6.07, 6.45) is 1.42. The number of benzene rings is 1. The molecule has 0 spiro atoms. The molecule has 0 aliphatic heterocycles. The highest BCUT2D eigenvalue weighted by atomic mass is 79.9. The zero-order chi connectivity index (χ0) is 16.2. The molecule has 0 N–H and O–H groups in total. The van der Waals surface area contributed by atoms with E-state index in [4.69, 9.17) is 9.26 Å². The molecule has 120 valence electrons. The van der Waals surface area contributed by atoms with Crippen molar-refractivity contribution in [2.24, 2.45) is 4.99 Å². The van der Waals surface area contributed by atoms with Gasteiger partial charge in [0, 0.05) is 23.7 Å². The third-order valence-corrected chi connectivity index (χ3v) is 4.69. The lowest BCUT2D eigenvalue weighted by molar-refractivity contribution is 0.0961. The summed E-state index contributed by atoms with van der Waals surface area (Å²) in [5.41, 5.74) is 1.02. The van der Waals surface area contributed by atoms with Gasteiger partial charge in [0.05, 0.1) is 23.0 Å². The fourth-order valence-corrected chi connectivity index (χ4v) is 3.72. The molecule has 1 aromatic carbocycles. The molecule has 8 heteroatoms. The maximum Gasteiger partial charge on any atom is 0.318 e. The molecule has 0 aliphatic carbocycles. The van der Waals surface area contributed by atoms with Crippen LogP contribution in [0.5, 0.6) is 0 Å². The molecule has 0 radical (unpaired) electrons. The highest BCUT2D eigenvalue weighted by Gasteiger charge is 2.11. The summed E-state index contributed by atoms with van der Waals surface area (Å²) in [6.45, 7) is 3.78. The lowest BCUT2D eigenvalue weighted by atomic mass is 10.3. The van der Waals surface area contributed by atoms with Gasteiger partial charge in [0.2, 0.25) is 5.76 Å². The van der Waals surface area contributed by atoms with Crippen molar-refractivity contribution >= 4 is 43.4 Å². The van der Waals surface area contributed by atoms with Gasteiger partial charge in [-0.25, -0.2) is 0 Å². The molecule has 0 unspecified atom stereocenters. The fourth-order valence-electron chi connectivity index (χ4n) is 2.12. The van der Waals surface area contributed by atoms with Crippen molar-refractivity contribution in [3.63, 3.8) is 0 Å². The first-order valence-electron chi connectivity index (χ1n) is 7.05. The molecule has 1 amide bonds. The molecule has 0 bridgehead atoms. The number of halogens is 1. The van der Waals surface area contributed by atoms with Gasteiger partial charge in [-0.15, -0.1) is 0 Å². The standard InChI is InChI=1S/C15H14BrN3O3S/c1-2-21-8-7-19-11-4-3-10(16)9-13(11)23-15(19)18-14(20)12-5-6-17-22-12/h3-6,9H,2,7-8H2,1H3. The van der Waals surface area contributed by atoms with Crippen LogP contribution in [0, 0.1) is 0 Å². The average Bonchev–Trinajstić information content (AvgIpc) is 3.16. The Labute approximate surface area is 144 Å². The van der Waals surface area contributed by atoms with Gasteiger partial charge in [-0.1, -0.05) is 32.4 Å². The van der Waals surface area contributed by atoms with Gasteiger partial charge >= 0.3 is 5.91 Å². The van der Waals surface area contributed by atoms with Gasteiger partial charge < -0.3 is 13.8 Å². The van der Waals surface area contributed by atoms with E-state index in [0.717, 1.165) is 14.7 Å². The second-order valence-electron chi connectivity index (χ2n) is 4.64. The quantitative estimate of drug-likeness (QED) is 0.621. The first-order valence-corrected chi connectivity index (χ1v) is 8.66. The third-order valence-electron chi connectivity index (χ3n) is 3.15. The fraction of sp³-hybridized carbons (Fsp3) is 0.267. The normalized spacial score (nSPS) is 12.2. The van der Waals surface area contributed by atoms with Crippen LogP contribution in [-0.4, -0.2) is 28.8 Å². The van der Waals surface area contributed by atoms with Gasteiger partial charge in [0.1, 0.15) is 0 Å². The van der Waals surface area contributed by atoms with E-state index < -0.39 is 5.91 Å². The Balaban J connectivity index is 2.06. The Bertz CT molecular complexity index is 883. The Kier molecular flexibility index (Phi) is 5.04. The minimum absolute atomic E-state index is 0.125. The highest BCUT2D eigenvalue weighted by Crippen LogP contribution is 2.22. The zero-order valence-corrected chi connectivity index (χ0v) is 14.8. The maximum atomic E-state index is 12.2. The van der Waals surface area contributed by atoms with Gasteiger partial charge in [-0.3, -0.25) is 4.79 Å². The minimum Gasteiger partial charge on any atom is -0.380 e. The number of aromatic nitrogens is 2. The average molecular weight is 396 g/mol. The van der Waals surface area contributed by atoms with E-state index in [0.29, 0.717) is 24.6 Å². The molecule has 0 aliphatic rings. The van der Waals surface area contributed by atoms with Crippen molar-refractivity contribution in [2.45, 2.75) is 13.5 Å². The van der Waals surface area contributed by atoms with Gasteiger partial charge in [0.25, 0.3) is 0 Å². The summed E-state index contributed by atoms with van der Waals surface area (Å²) in [4.78, 5) is 16.9. The topological polar surface area (TPSA) is 69.6 Å². The molecule has 0 saturated heterocycles. The van der Waals surface area contributed by atoms with Crippen LogP contribution >= 0.6 is 27.3 Å². The van der Waals surface area contributed by atoms with E-state index in [-0.39, 0.29) is 5.76 Å². The second kappa shape index (κ2) is 7.20. The van der Waals surface area contributed by atoms with Crippen molar-refractivity contribution in [3.8, 4) is 0 Å². The number of fused-ring (bicyclic) bond motifs is 1. The van der Waals surface area contributed by atoms with Crippen molar-refractivity contribution < 1.29 is 14.1 Å². The Morgan fingerprint density at radius 2 is 2.35 bits per heavy atom. The van der Waals surface area contributed by atoms with Crippen LogP contribution < -0.4 is 4.80 Å². The second-order valence-corrected chi connectivity index (χ2v) is 6.56. The molecule has 2 heterocycles. The molecular weight excluding hydrogens is 382 g/mol. The number of hydrogen-bond donors (Lipinski definition) is 0. The SMILES string of the molecule is CCOCCn1c(=NC(=O)c2ccno2)sc2cc(Br)ccc21. The molecular formula is C15H14BrN3O3S. The number of thiazole rings is 1. The van der Waals surface area contributed by atoms with Crippen molar-refractivity contribution in [1.29, 1.82) is 0 Å². The van der Waals surface area contributed by atoms with Crippen molar-refractivity contribution in [2.75, 3.05) is 13.2 Å². The van der Waals surface area contributed by atoms with Crippen LogP contribution in [0.25, 0.3) is 10.2 Å². The Morgan fingerprint density at radius 1 is 1.48 bits per heavy atom. The van der Waals surface area contributed by atoms with Crippen molar-refractivity contribution in [3.05, 3.63) is 45.5 Å². The Morgan fingerprint density at radius 3 is 3.09 bits per heavy atom.